The van der Waals surface area contributed by atoms with Crippen molar-refractivity contribution in [1.82, 2.24) is 9.78 Å². The first kappa shape index (κ1) is 14.2. The van der Waals surface area contributed by atoms with Crippen LogP contribution in [0, 0.1) is 6.92 Å². The summed E-state index contributed by atoms with van der Waals surface area (Å²) in [4.78, 5) is 0. The van der Waals surface area contributed by atoms with Gasteiger partial charge in [0.1, 0.15) is 23.9 Å². The van der Waals surface area contributed by atoms with E-state index in [0.29, 0.717) is 12.4 Å². The Balaban J connectivity index is 1.91. The molecule has 1 aromatic heterocycles. The molecule has 0 aliphatic carbocycles. The minimum Gasteiger partial charge on any atom is -0.488 e. The Bertz CT molecular complexity index is 778. The van der Waals surface area contributed by atoms with Crippen LogP contribution < -0.4 is 10.5 Å². The zero-order chi connectivity index (χ0) is 15.5. The predicted octanol–water partition coefficient (Wildman–Crippen LogP) is 3.56. The molecule has 22 heavy (non-hydrogen) atoms. The number of anilines is 1. The number of hydrogen-bond donors (Lipinski definition) is 1. The van der Waals surface area contributed by atoms with Crippen molar-refractivity contribution in [3.63, 3.8) is 0 Å². The maximum absolute atomic E-state index is 6.01. The van der Waals surface area contributed by atoms with Crippen molar-refractivity contribution in [2.45, 2.75) is 13.5 Å². The Kier molecular flexibility index (Phi) is 3.83. The topological polar surface area (TPSA) is 53.1 Å². The van der Waals surface area contributed by atoms with Crippen molar-refractivity contribution in [2.24, 2.45) is 7.05 Å². The molecule has 0 fully saturated rings. The van der Waals surface area contributed by atoms with E-state index in [1.165, 1.54) is 0 Å². The number of hydrogen-bond acceptors (Lipinski definition) is 3. The molecular weight excluding hydrogens is 274 g/mol. The zero-order valence-corrected chi connectivity index (χ0v) is 12.8. The molecule has 0 saturated carbocycles. The van der Waals surface area contributed by atoms with Crippen LogP contribution in [-0.2, 0) is 13.7 Å². The van der Waals surface area contributed by atoms with Crippen molar-refractivity contribution in [2.75, 3.05) is 5.73 Å². The number of nitrogens with two attached hydrogens (primary N) is 1. The number of nitrogens with zero attached hydrogens (tertiary/aromatic N) is 2. The summed E-state index contributed by atoms with van der Waals surface area (Å²) in [6.45, 7) is 2.50. The summed E-state index contributed by atoms with van der Waals surface area (Å²) in [6.07, 6.45) is 0. The molecule has 3 aromatic rings. The Morgan fingerprint density at radius 3 is 2.41 bits per heavy atom. The highest BCUT2D eigenvalue weighted by Crippen LogP contribution is 2.33. The van der Waals surface area contributed by atoms with Crippen LogP contribution in [0.4, 0.5) is 5.82 Å². The first-order valence-corrected chi connectivity index (χ1v) is 7.22. The van der Waals surface area contributed by atoms with E-state index >= 15 is 0 Å². The van der Waals surface area contributed by atoms with Crippen LogP contribution in [0.15, 0.2) is 54.6 Å². The van der Waals surface area contributed by atoms with Crippen LogP contribution in [0.5, 0.6) is 5.75 Å². The minimum absolute atomic E-state index is 0.527. The second kappa shape index (κ2) is 5.93. The largest absolute Gasteiger partial charge is 0.488 e. The molecule has 2 N–H and O–H groups in total. The number of rotatable bonds is 4. The molecule has 2 aromatic carbocycles. The molecule has 0 bridgehead atoms. The Morgan fingerprint density at radius 1 is 1.05 bits per heavy atom. The number of aryl methyl sites for hydroxylation is 1. The highest BCUT2D eigenvalue weighted by molar-refractivity contribution is 5.73. The number of benzene rings is 2. The lowest BCUT2D eigenvalue weighted by molar-refractivity contribution is 0.307. The number of nitrogen functional groups attached to an aromatic ring is 1. The van der Waals surface area contributed by atoms with Crippen LogP contribution in [-0.4, -0.2) is 9.78 Å². The number of aromatic nitrogens is 2. The van der Waals surface area contributed by atoms with E-state index in [4.69, 9.17) is 10.5 Å². The van der Waals surface area contributed by atoms with Crippen LogP contribution >= 0.6 is 0 Å². The van der Waals surface area contributed by atoms with Crippen LogP contribution in [0.25, 0.3) is 11.3 Å². The SMILES string of the molecule is Cc1c(-c2ccccc2OCc2ccccc2)nn(C)c1N. The highest BCUT2D eigenvalue weighted by atomic mass is 16.5. The molecule has 0 amide bonds. The van der Waals surface area contributed by atoms with Crippen molar-refractivity contribution >= 4 is 5.82 Å². The average molecular weight is 293 g/mol. The van der Waals surface area contributed by atoms with Gasteiger partial charge < -0.3 is 10.5 Å². The second-order valence-electron chi connectivity index (χ2n) is 5.25. The molecule has 0 radical (unpaired) electrons. The van der Waals surface area contributed by atoms with Crippen LogP contribution in [0.1, 0.15) is 11.1 Å². The van der Waals surface area contributed by atoms with Gasteiger partial charge >= 0.3 is 0 Å². The molecule has 1 heterocycles. The van der Waals surface area contributed by atoms with Gasteiger partial charge in [-0.3, -0.25) is 4.68 Å². The van der Waals surface area contributed by atoms with E-state index in [1.807, 2.05) is 68.6 Å². The molecule has 0 atom stereocenters. The monoisotopic (exact) mass is 293 g/mol. The zero-order valence-electron chi connectivity index (χ0n) is 12.8. The van der Waals surface area contributed by atoms with E-state index in [2.05, 4.69) is 5.10 Å². The fraction of sp³-hybridized carbons (Fsp3) is 0.167. The fourth-order valence-electron chi connectivity index (χ4n) is 2.42. The van der Waals surface area contributed by atoms with Gasteiger partial charge in [0.25, 0.3) is 0 Å². The molecule has 112 valence electrons. The van der Waals surface area contributed by atoms with Gasteiger partial charge in [-0.1, -0.05) is 42.5 Å². The predicted molar refractivity (Wildman–Crippen MR) is 88.6 cm³/mol. The quantitative estimate of drug-likeness (QED) is 0.800. The summed E-state index contributed by atoms with van der Waals surface area (Å²) in [5, 5.41) is 4.51. The highest BCUT2D eigenvalue weighted by Gasteiger charge is 2.15. The van der Waals surface area contributed by atoms with Crippen molar-refractivity contribution in [3.05, 3.63) is 65.7 Å². The van der Waals surface area contributed by atoms with Crippen molar-refractivity contribution in [3.8, 4) is 17.0 Å². The smallest absolute Gasteiger partial charge is 0.129 e. The maximum atomic E-state index is 6.01. The summed E-state index contributed by atoms with van der Waals surface area (Å²) in [5.74, 6) is 1.49. The fourth-order valence-corrected chi connectivity index (χ4v) is 2.42. The van der Waals surface area contributed by atoms with Gasteiger partial charge in [-0.25, -0.2) is 0 Å². The number of ether oxygens (including phenoxy) is 1. The van der Waals surface area contributed by atoms with E-state index in [1.54, 1.807) is 4.68 Å². The summed E-state index contributed by atoms with van der Waals surface area (Å²) >= 11 is 0. The summed E-state index contributed by atoms with van der Waals surface area (Å²) in [7, 11) is 1.85. The first-order valence-electron chi connectivity index (χ1n) is 7.22. The molecule has 4 nitrogen and oxygen atoms in total. The third-order valence-electron chi connectivity index (χ3n) is 3.72. The van der Waals surface area contributed by atoms with Gasteiger partial charge in [-0.2, -0.15) is 5.10 Å². The Morgan fingerprint density at radius 2 is 1.73 bits per heavy atom. The molecule has 0 unspecified atom stereocenters. The van der Waals surface area contributed by atoms with Gasteiger partial charge in [-0.15, -0.1) is 0 Å². The lowest BCUT2D eigenvalue weighted by atomic mass is 10.1. The summed E-state index contributed by atoms with van der Waals surface area (Å²) < 4.78 is 7.68. The third-order valence-corrected chi connectivity index (χ3v) is 3.72. The van der Waals surface area contributed by atoms with Gasteiger partial charge in [0.05, 0.1) is 0 Å². The van der Waals surface area contributed by atoms with Gasteiger partial charge in [-0.05, 0) is 24.6 Å². The van der Waals surface area contributed by atoms with E-state index < -0.39 is 0 Å². The number of para-hydroxylation sites is 1. The maximum Gasteiger partial charge on any atom is 0.129 e. The lowest BCUT2D eigenvalue weighted by Crippen LogP contribution is -1.98. The molecule has 0 spiro atoms. The van der Waals surface area contributed by atoms with Gasteiger partial charge in [0.15, 0.2) is 0 Å². The molecule has 0 aliphatic heterocycles. The Labute approximate surface area is 130 Å². The van der Waals surface area contributed by atoms with E-state index in [0.717, 1.165) is 28.1 Å². The molecule has 0 aliphatic rings. The van der Waals surface area contributed by atoms with E-state index in [-0.39, 0.29) is 0 Å². The second-order valence-corrected chi connectivity index (χ2v) is 5.25. The van der Waals surface area contributed by atoms with Crippen LogP contribution in [0.3, 0.4) is 0 Å². The minimum atomic E-state index is 0.527. The molecule has 0 saturated heterocycles. The molecule has 4 heteroatoms. The summed E-state index contributed by atoms with van der Waals surface area (Å²) in [6, 6.07) is 18.0. The third kappa shape index (κ3) is 2.68. The molecule has 3 rings (SSSR count). The van der Waals surface area contributed by atoms with Crippen LogP contribution in [0.2, 0.25) is 0 Å². The Hall–Kier alpha value is -2.75. The van der Waals surface area contributed by atoms with Crippen molar-refractivity contribution < 1.29 is 4.74 Å². The van der Waals surface area contributed by atoms with Gasteiger partial charge in [0.2, 0.25) is 0 Å². The standard InChI is InChI=1S/C18H19N3O/c1-13-17(20-21(2)18(13)19)15-10-6-7-11-16(15)22-12-14-8-4-3-5-9-14/h3-11H,12,19H2,1-2H3. The first-order chi connectivity index (χ1) is 10.7. The average Bonchev–Trinajstić information content (AvgIpc) is 2.82. The van der Waals surface area contributed by atoms with Crippen molar-refractivity contribution in [1.29, 1.82) is 0 Å². The lowest BCUT2D eigenvalue weighted by Gasteiger charge is -2.10. The normalized spacial score (nSPS) is 10.6. The van der Waals surface area contributed by atoms with Gasteiger partial charge in [0, 0.05) is 18.2 Å². The summed E-state index contributed by atoms with van der Waals surface area (Å²) in [5.41, 5.74) is 9.95. The molecular formula is C18H19N3O. The van der Waals surface area contributed by atoms with E-state index in [9.17, 15) is 0 Å².